The molecule has 1 aromatic carbocycles. The van der Waals surface area contributed by atoms with Crippen molar-refractivity contribution in [2.24, 2.45) is 0 Å². The van der Waals surface area contributed by atoms with Crippen molar-refractivity contribution in [3.63, 3.8) is 0 Å². The van der Waals surface area contributed by atoms with Gasteiger partial charge in [-0.15, -0.1) is 0 Å². The van der Waals surface area contributed by atoms with E-state index in [9.17, 15) is 4.79 Å². The van der Waals surface area contributed by atoms with Crippen LogP contribution in [-0.4, -0.2) is 56.2 Å². The Morgan fingerprint density at radius 1 is 1.33 bits per heavy atom. The second-order valence-electron chi connectivity index (χ2n) is 6.51. The molecule has 0 radical (unpaired) electrons. The summed E-state index contributed by atoms with van der Waals surface area (Å²) in [7, 11) is 0. The van der Waals surface area contributed by atoms with E-state index in [1.165, 1.54) is 11.1 Å². The highest BCUT2D eigenvalue weighted by molar-refractivity contribution is 5.76. The Balaban J connectivity index is 1.41. The monoisotopic (exact) mass is 329 g/mol. The molecule has 1 aromatic rings. The molecule has 1 amide bonds. The third kappa shape index (κ3) is 5.44. The lowest BCUT2D eigenvalue weighted by Crippen LogP contribution is -2.44. The highest BCUT2D eigenvalue weighted by Crippen LogP contribution is 2.12. The fourth-order valence-corrected chi connectivity index (χ4v) is 3.21. The van der Waals surface area contributed by atoms with Crippen molar-refractivity contribution in [3.8, 4) is 0 Å². The number of nitrogens with zero attached hydrogens (tertiary/aromatic N) is 1. The van der Waals surface area contributed by atoms with Gasteiger partial charge in [0.05, 0.1) is 19.1 Å². The molecule has 0 aliphatic carbocycles. The second-order valence-corrected chi connectivity index (χ2v) is 6.51. The van der Waals surface area contributed by atoms with Gasteiger partial charge < -0.3 is 15.4 Å². The lowest BCUT2D eigenvalue weighted by atomic mass is 10.1. The third-order valence-corrected chi connectivity index (χ3v) is 4.56. The van der Waals surface area contributed by atoms with Crippen molar-refractivity contribution in [2.75, 3.05) is 39.3 Å². The van der Waals surface area contributed by atoms with Crippen LogP contribution in [-0.2, 0) is 16.1 Å². The first-order valence-electron chi connectivity index (χ1n) is 8.83. The molecule has 3 rings (SSSR count). The first kappa shape index (κ1) is 17.1. The number of rotatable bonds is 6. The number of nitrogens with one attached hydrogen (secondary N) is 2. The van der Waals surface area contributed by atoms with Gasteiger partial charge in [-0.05, 0) is 18.5 Å². The van der Waals surface area contributed by atoms with Crippen LogP contribution in [0, 0.1) is 0 Å². The molecule has 0 bridgehead atoms. The summed E-state index contributed by atoms with van der Waals surface area (Å²) < 4.78 is 5.78. The molecule has 2 heterocycles. The van der Waals surface area contributed by atoms with Crippen LogP contribution in [0.15, 0.2) is 42.0 Å². The predicted octanol–water partition coefficient (Wildman–Crippen LogP) is 1.31. The summed E-state index contributed by atoms with van der Waals surface area (Å²) in [6.07, 6.45) is 3.62. The highest BCUT2D eigenvalue weighted by atomic mass is 16.5. The van der Waals surface area contributed by atoms with E-state index in [0.717, 1.165) is 39.1 Å². The first-order chi connectivity index (χ1) is 11.8. The Kier molecular flexibility index (Phi) is 6.41. The number of hydrogen-bond acceptors (Lipinski definition) is 4. The standard InChI is InChI=1S/C19H27N3O2/c23-19(21-13-16-6-8-20-9-7-16)12-18-15-22(10-11-24-18)14-17-4-2-1-3-5-17/h1-6,18,20H,7-15H2,(H,21,23). The minimum Gasteiger partial charge on any atom is -0.375 e. The maximum atomic E-state index is 12.2. The Morgan fingerprint density at radius 3 is 3.00 bits per heavy atom. The van der Waals surface area contributed by atoms with Gasteiger partial charge in [-0.3, -0.25) is 9.69 Å². The van der Waals surface area contributed by atoms with Gasteiger partial charge >= 0.3 is 0 Å². The van der Waals surface area contributed by atoms with Gasteiger partial charge in [0.2, 0.25) is 5.91 Å². The van der Waals surface area contributed by atoms with Gasteiger partial charge in [0.15, 0.2) is 0 Å². The fourth-order valence-electron chi connectivity index (χ4n) is 3.21. The van der Waals surface area contributed by atoms with Crippen molar-refractivity contribution in [2.45, 2.75) is 25.5 Å². The molecule has 2 aliphatic heterocycles. The summed E-state index contributed by atoms with van der Waals surface area (Å²) >= 11 is 0. The number of hydrogen-bond donors (Lipinski definition) is 2. The molecular formula is C19H27N3O2. The van der Waals surface area contributed by atoms with Crippen molar-refractivity contribution >= 4 is 5.91 Å². The molecule has 5 nitrogen and oxygen atoms in total. The van der Waals surface area contributed by atoms with Crippen LogP contribution >= 0.6 is 0 Å². The van der Waals surface area contributed by atoms with Crippen LogP contribution in [0.5, 0.6) is 0 Å². The topological polar surface area (TPSA) is 53.6 Å². The van der Waals surface area contributed by atoms with Crippen LogP contribution in [0.1, 0.15) is 18.4 Å². The molecule has 1 unspecified atom stereocenters. The van der Waals surface area contributed by atoms with Crippen molar-refractivity contribution in [3.05, 3.63) is 47.5 Å². The lowest BCUT2D eigenvalue weighted by molar-refractivity contribution is -0.126. The van der Waals surface area contributed by atoms with Gasteiger partial charge in [0.25, 0.3) is 0 Å². The van der Waals surface area contributed by atoms with Crippen molar-refractivity contribution < 1.29 is 9.53 Å². The molecule has 0 spiro atoms. The number of morpholine rings is 1. The fraction of sp³-hybridized carbons (Fsp3) is 0.526. The van der Waals surface area contributed by atoms with E-state index in [-0.39, 0.29) is 12.0 Å². The van der Waals surface area contributed by atoms with E-state index in [1.54, 1.807) is 0 Å². The molecular weight excluding hydrogens is 302 g/mol. The Bertz CT molecular complexity index is 559. The average Bonchev–Trinajstić information content (AvgIpc) is 2.62. The Hall–Kier alpha value is -1.69. The van der Waals surface area contributed by atoms with Crippen LogP contribution < -0.4 is 10.6 Å². The molecule has 5 heteroatoms. The molecule has 1 saturated heterocycles. The maximum Gasteiger partial charge on any atom is 0.222 e. The van der Waals surface area contributed by atoms with E-state index in [0.29, 0.717) is 19.6 Å². The largest absolute Gasteiger partial charge is 0.375 e. The zero-order valence-electron chi connectivity index (χ0n) is 14.2. The number of carbonyl (C=O) groups is 1. The molecule has 1 fully saturated rings. The molecule has 2 N–H and O–H groups in total. The quantitative estimate of drug-likeness (QED) is 0.773. The lowest BCUT2D eigenvalue weighted by Gasteiger charge is -2.32. The van der Waals surface area contributed by atoms with Gasteiger partial charge in [0.1, 0.15) is 0 Å². The summed E-state index contributed by atoms with van der Waals surface area (Å²) in [4.78, 5) is 14.5. The first-order valence-corrected chi connectivity index (χ1v) is 8.83. The van der Waals surface area contributed by atoms with Crippen LogP contribution in [0.4, 0.5) is 0 Å². The number of amides is 1. The third-order valence-electron chi connectivity index (χ3n) is 4.56. The van der Waals surface area contributed by atoms with Gasteiger partial charge in [-0.2, -0.15) is 0 Å². The predicted molar refractivity (Wildman–Crippen MR) is 94.7 cm³/mol. The number of benzene rings is 1. The molecule has 2 aliphatic rings. The molecule has 130 valence electrons. The highest BCUT2D eigenvalue weighted by Gasteiger charge is 2.23. The van der Waals surface area contributed by atoms with Gasteiger partial charge in [-0.25, -0.2) is 0 Å². The summed E-state index contributed by atoms with van der Waals surface area (Å²) in [6.45, 7) is 5.93. The normalized spacial score (nSPS) is 22.0. The van der Waals surface area contributed by atoms with Crippen LogP contribution in [0.2, 0.25) is 0 Å². The summed E-state index contributed by atoms with van der Waals surface area (Å²) in [5.74, 6) is 0.0843. The minimum atomic E-state index is -0.00976. The Labute approximate surface area is 144 Å². The van der Waals surface area contributed by atoms with Gasteiger partial charge in [0, 0.05) is 32.7 Å². The number of ether oxygens (including phenoxy) is 1. The van der Waals surface area contributed by atoms with Crippen LogP contribution in [0.25, 0.3) is 0 Å². The van der Waals surface area contributed by atoms with E-state index < -0.39 is 0 Å². The molecule has 1 atom stereocenters. The van der Waals surface area contributed by atoms with E-state index in [4.69, 9.17) is 4.74 Å². The maximum absolute atomic E-state index is 12.2. The summed E-state index contributed by atoms with van der Waals surface area (Å²) in [5, 5.41) is 6.31. The van der Waals surface area contributed by atoms with Crippen molar-refractivity contribution in [1.82, 2.24) is 15.5 Å². The molecule has 0 saturated carbocycles. The second kappa shape index (κ2) is 8.97. The molecule has 0 aromatic heterocycles. The Morgan fingerprint density at radius 2 is 2.21 bits per heavy atom. The minimum absolute atomic E-state index is 0.00976. The zero-order valence-corrected chi connectivity index (χ0v) is 14.2. The number of carbonyl (C=O) groups excluding carboxylic acids is 1. The summed E-state index contributed by atoms with van der Waals surface area (Å²) in [6, 6.07) is 10.5. The van der Waals surface area contributed by atoms with E-state index >= 15 is 0 Å². The van der Waals surface area contributed by atoms with E-state index in [1.807, 2.05) is 6.07 Å². The molecule has 24 heavy (non-hydrogen) atoms. The zero-order chi connectivity index (χ0) is 16.6. The smallest absolute Gasteiger partial charge is 0.222 e. The summed E-state index contributed by atoms with van der Waals surface area (Å²) in [5.41, 5.74) is 2.62. The van der Waals surface area contributed by atoms with Gasteiger partial charge in [-0.1, -0.05) is 42.0 Å². The SMILES string of the molecule is O=C(CC1CN(Cc2ccccc2)CCO1)NCC1=CCNCC1. The van der Waals surface area contributed by atoms with Crippen LogP contribution in [0.3, 0.4) is 0 Å². The average molecular weight is 329 g/mol. The van der Waals surface area contributed by atoms with E-state index in [2.05, 4.69) is 45.9 Å². The van der Waals surface area contributed by atoms with Crippen molar-refractivity contribution in [1.29, 1.82) is 0 Å².